The molecule has 1 aliphatic heterocycles. The highest BCUT2D eigenvalue weighted by Crippen LogP contribution is 2.37. The van der Waals surface area contributed by atoms with Gasteiger partial charge in [-0.1, -0.05) is 45.8 Å². The quantitative estimate of drug-likeness (QED) is 0.575. The Labute approximate surface area is 166 Å². The molecule has 0 bridgehead atoms. The van der Waals surface area contributed by atoms with Gasteiger partial charge in [0.05, 0.1) is 16.9 Å². The molecule has 138 valence electrons. The highest BCUT2D eigenvalue weighted by Gasteiger charge is 2.39. The van der Waals surface area contributed by atoms with Crippen LogP contribution in [-0.4, -0.2) is 18.5 Å². The Hall–Kier alpha value is -2.38. The zero-order valence-corrected chi connectivity index (χ0v) is 16.9. The molecule has 0 N–H and O–H groups in total. The van der Waals surface area contributed by atoms with E-state index in [9.17, 15) is 8.42 Å². The molecule has 0 fully saturated rings. The van der Waals surface area contributed by atoms with E-state index in [4.69, 9.17) is 4.42 Å². The molecule has 0 aliphatic carbocycles. The third-order valence-corrected chi connectivity index (χ3v) is 6.71. The van der Waals surface area contributed by atoms with Crippen LogP contribution in [0.25, 0.3) is 0 Å². The summed E-state index contributed by atoms with van der Waals surface area (Å²) in [5.74, 6) is 0.571. The number of sulfonamides is 1. The molecule has 3 aromatic rings. The molecule has 0 spiro atoms. The van der Waals surface area contributed by atoms with Crippen LogP contribution in [0.15, 0.2) is 85.8 Å². The Kier molecular flexibility index (Phi) is 4.65. The summed E-state index contributed by atoms with van der Waals surface area (Å²) in [5.41, 5.74) is 2.59. The van der Waals surface area contributed by atoms with Gasteiger partial charge in [-0.2, -0.15) is 17.9 Å². The molecular weight excluding hydrogens is 428 g/mol. The average molecular weight is 445 g/mol. The molecule has 5 nitrogen and oxygen atoms in total. The van der Waals surface area contributed by atoms with Crippen LogP contribution in [0.5, 0.6) is 0 Å². The van der Waals surface area contributed by atoms with Gasteiger partial charge >= 0.3 is 0 Å². The molecule has 4 rings (SSSR count). The van der Waals surface area contributed by atoms with Gasteiger partial charge in [0.15, 0.2) is 0 Å². The number of nitrogens with zero attached hydrogens (tertiary/aromatic N) is 2. The molecule has 1 atom stereocenters. The predicted octanol–water partition coefficient (Wildman–Crippen LogP) is 4.89. The van der Waals surface area contributed by atoms with Crippen molar-refractivity contribution in [2.24, 2.45) is 5.10 Å². The molecule has 0 saturated carbocycles. The van der Waals surface area contributed by atoms with Gasteiger partial charge in [0.1, 0.15) is 11.8 Å². The molecule has 0 amide bonds. The van der Waals surface area contributed by atoms with Crippen LogP contribution in [-0.2, 0) is 10.0 Å². The fraction of sp³-hybridized carbons (Fsp3) is 0.150. The van der Waals surface area contributed by atoms with E-state index in [1.165, 1.54) is 4.41 Å². The van der Waals surface area contributed by atoms with Gasteiger partial charge in [-0.3, -0.25) is 0 Å². The van der Waals surface area contributed by atoms with Crippen LogP contribution in [0.2, 0.25) is 0 Å². The van der Waals surface area contributed by atoms with Crippen molar-refractivity contribution in [1.82, 2.24) is 4.41 Å². The highest BCUT2D eigenvalue weighted by molar-refractivity contribution is 9.10. The summed E-state index contributed by atoms with van der Waals surface area (Å²) in [7, 11) is -3.80. The maximum Gasteiger partial charge on any atom is 0.279 e. The van der Waals surface area contributed by atoms with E-state index < -0.39 is 16.1 Å². The summed E-state index contributed by atoms with van der Waals surface area (Å²) in [6, 6.07) is 17.5. The first-order valence-corrected chi connectivity index (χ1v) is 10.7. The van der Waals surface area contributed by atoms with Crippen molar-refractivity contribution in [1.29, 1.82) is 0 Å². The summed E-state index contributed by atoms with van der Waals surface area (Å²) in [4.78, 5) is 0.213. The maximum atomic E-state index is 13.3. The smallest absolute Gasteiger partial charge is 0.279 e. The Balaban J connectivity index is 1.78. The fourth-order valence-corrected chi connectivity index (χ4v) is 4.72. The second-order valence-electron chi connectivity index (χ2n) is 6.38. The summed E-state index contributed by atoms with van der Waals surface area (Å²) in [6.45, 7) is 1.92. The first-order valence-electron chi connectivity index (χ1n) is 8.43. The lowest BCUT2D eigenvalue weighted by molar-refractivity contribution is 0.320. The third kappa shape index (κ3) is 3.44. The molecular formula is C20H17BrN2O3S. The van der Waals surface area contributed by atoms with E-state index in [1.54, 1.807) is 42.7 Å². The Morgan fingerprint density at radius 3 is 2.41 bits per heavy atom. The molecule has 0 radical (unpaired) electrons. The average Bonchev–Trinajstić information content (AvgIpc) is 3.32. The van der Waals surface area contributed by atoms with E-state index in [0.717, 1.165) is 15.6 Å². The van der Waals surface area contributed by atoms with Crippen LogP contribution in [0.1, 0.15) is 29.3 Å². The minimum Gasteiger partial charge on any atom is -0.467 e. The van der Waals surface area contributed by atoms with Crippen LogP contribution in [0.3, 0.4) is 0 Å². The van der Waals surface area contributed by atoms with Gasteiger partial charge < -0.3 is 4.42 Å². The van der Waals surface area contributed by atoms with E-state index in [2.05, 4.69) is 21.0 Å². The van der Waals surface area contributed by atoms with Crippen molar-refractivity contribution in [3.63, 3.8) is 0 Å². The first kappa shape index (κ1) is 18.0. The van der Waals surface area contributed by atoms with Crippen molar-refractivity contribution in [2.45, 2.75) is 24.3 Å². The largest absolute Gasteiger partial charge is 0.467 e. The topological polar surface area (TPSA) is 62.9 Å². The molecule has 27 heavy (non-hydrogen) atoms. The summed E-state index contributed by atoms with van der Waals surface area (Å²) in [6.07, 6.45) is 1.99. The van der Waals surface area contributed by atoms with E-state index in [-0.39, 0.29) is 4.90 Å². The van der Waals surface area contributed by atoms with Crippen LogP contribution >= 0.6 is 15.9 Å². The molecule has 7 heteroatoms. The van der Waals surface area contributed by atoms with E-state index in [1.807, 2.05) is 31.2 Å². The van der Waals surface area contributed by atoms with Gasteiger partial charge in [0.25, 0.3) is 10.0 Å². The van der Waals surface area contributed by atoms with Gasteiger partial charge in [-0.05, 0) is 48.9 Å². The summed E-state index contributed by atoms with van der Waals surface area (Å²) < 4.78 is 34.1. The van der Waals surface area contributed by atoms with Gasteiger partial charge in [-0.25, -0.2) is 0 Å². The number of halogens is 1. The minimum atomic E-state index is -3.80. The van der Waals surface area contributed by atoms with Crippen LogP contribution in [0, 0.1) is 6.92 Å². The lowest BCUT2D eigenvalue weighted by Crippen LogP contribution is -2.27. The lowest BCUT2D eigenvalue weighted by atomic mass is 10.0. The fourth-order valence-electron chi connectivity index (χ4n) is 3.04. The standard InChI is InChI=1S/C20H17BrN2O3S/c1-14-4-10-17(11-5-14)27(24,25)23-19(20-3-2-12-26-20)13-18(22-23)15-6-8-16(21)9-7-15/h2-12,19H,13H2,1H3. The van der Waals surface area contributed by atoms with E-state index in [0.29, 0.717) is 17.9 Å². The number of hydrogen-bond donors (Lipinski definition) is 0. The molecule has 2 aromatic carbocycles. The van der Waals surface area contributed by atoms with Crippen molar-refractivity contribution < 1.29 is 12.8 Å². The van der Waals surface area contributed by atoms with Crippen molar-refractivity contribution in [2.75, 3.05) is 0 Å². The second-order valence-corrected chi connectivity index (χ2v) is 9.09. The molecule has 2 heterocycles. The third-order valence-electron chi connectivity index (χ3n) is 4.49. The monoisotopic (exact) mass is 444 g/mol. The van der Waals surface area contributed by atoms with Crippen molar-refractivity contribution in [3.8, 4) is 0 Å². The summed E-state index contributed by atoms with van der Waals surface area (Å²) >= 11 is 3.42. The Bertz CT molecular complexity index is 1070. The molecule has 1 aliphatic rings. The number of rotatable bonds is 4. The maximum absolute atomic E-state index is 13.3. The number of aryl methyl sites for hydroxylation is 1. The zero-order chi connectivity index (χ0) is 19.0. The number of furan rings is 1. The van der Waals surface area contributed by atoms with Gasteiger partial charge in [0.2, 0.25) is 0 Å². The molecule has 1 unspecified atom stereocenters. The SMILES string of the molecule is Cc1ccc(S(=O)(=O)N2N=C(c3ccc(Br)cc3)CC2c2ccco2)cc1. The first-order chi connectivity index (χ1) is 12.9. The summed E-state index contributed by atoms with van der Waals surface area (Å²) in [5, 5.41) is 4.48. The zero-order valence-electron chi connectivity index (χ0n) is 14.5. The number of benzene rings is 2. The number of hydrazone groups is 1. The Morgan fingerprint density at radius 1 is 1.07 bits per heavy atom. The lowest BCUT2D eigenvalue weighted by Gasteiger charge is -2.21. The Morgan fingerprint density at radius 2 is 1.78 bits per heavy atom. The van der Waals surface area contributed by atoms with Crippen molar-refractivity contribution in [3.05, 3.63) is 88.3 Å². The highest BCUT2D eigenvalue weighted by atomic mass is 79.9. The van der Waals surface area contributed by atoms with Crippen molar-refractivity contribution >= 4 is 31.7 Å². The molecule has 0 saturated heterocycles. The molecule has 1 aromatic heterocycles. The van der Waals surface area contributed by atoms with Gasteiger partial charge in [-0.15, -0.1) is 0 Å². The second kappa shape index (κ2) is 6.98. The number of hydrogen-bond acceptors (Lipinski definition) is 4. The van der Waals surface area contributed by atoms with E-state index >= 15 is 0 Å². The van der Waals surface area contributed by atoms with Crippen LogP contribution in [0.4, 0.5) is 0 Å². The van der Waals surface area contributed by atoms with Crippen LogP contribution < -0.4 is 0 Å². The minimum absolute atomic E-state index is 0.213. The normalized spacial score (nSPS) is 17.2. The predicted molar refractivity (Wildman–Crippen MR) is 107 cm³/mol. The van der Waals surface area contributed by atoms with Gasteiger partial charge in [0, 0.05) is 10.9 Å².